The fourth-order valence-electron chi connectivity index (χ4n) is 10.2. The van der Waals surface area contributed by atoms with Crippen molar-refractivity contribution in [3.8, 4) is 0 Å². The van der Waals surface area contributed by atoms with Gasteiger partial charge in [-0.1, -0.05) is 13.8 Å². The van der Waals surface area contributed by atoms with Crippen LogP contribution >= 0.6 is 0 Å². The zero-order valence-electron chi connectivity index (χ0n) is 23.9. The predicted molar refractivity (Wildman–Crippen MR) is 145 cm³/mol. The smallest absolute Gasteiger partial charge is 0.344 e. The third kappa shape index (κ3) is 4.31. The Morgan fingerprint density at radius 2 is 1.95 bits per heavy atom. The van der Waals surface area contributed by atoms with Crippen LogP contribution in [0.15, 0.2) is 17.2 Å². The standard InChI is InChI=1S/C31H45NO8/c1-29-19(12-20(34)13-24(29)25(32)6-4-5-17(15-33)28(37)39-3)7-8-22-23(29)14-26(35)30(2)21(9-10-31(22,30)38)18-11-27(36)40-16-18/h11,19-26,34-35,38H,4-10,12-14,16,32H2,1-3H3/t19-,20+,21-,22-,23+,24?,25?,26-,29+,30+,31+/m1/s1. The monoisotopic (exact) mass is 559 g/mol. The van der Waals surface area contributed by atoms with Crippen molar-refractivity contribution < 1.29 is 39.2 Å². The van der Waals surface area contributed by atoms with Crippen molar-refractivity contribution >= 4 is 17.9 Å². The van der Waals surface area contributed by atoms with Gasteiger partial charge in [-0.15, -0.1) is 0 Å². The van der Waals surface area contributed by atoms with E-state index in [2.05, 4.69) is 11.7 Å². The Balaban J connectivity index is 1.41. The highest BCUT2D eigenvalue weighted by molar-refractivity contribution is 5.96. The van der Waals surface area contributed by atoms with Crippen molar-refractivity contribution in [3.63, 3.8) is 0 Å². The summed E-state index contributed by atoms with van der Waals surface area (Å²) in [6, 6.07) is -0.282. The lowest BCUT2D eigenvalue weighted by Crippen LogP contribution is -2.69. The van der Waals surface area contributed by atoms with E-state index in [0.29, 0.717) is 44.9 Å². The molecule has 4 saturated carbocycles. The van der Waals surface area contributed by atoms with Crippen molar-refractivity contribution in [1.29, 1.82) is 0 Å². The SMILES string of the molecule is COC(=O)C(=C=O)CCCC(N)C1C[C@@H](O)C[C@H]2CC[C@@H]3[C@H](C[C@@H](O)[C@]4(C)[C@@H](C5=CC(=O)OC5)CC[C@]34O)[C@@]12C. The molecule has 9 heteroatoms. The van der Waals surface area contributed by atoms with E-state index in [9.17, 15) is 29.7 Å². The average Bonchev–Trinajstić information content (AvgIpc) is 3.47. The number of aliphatic hydroxyl groups is 3. The number of hydrogen-bond donors (Lipinski definition) is 4. The number of esters is 2. The van der Waals surface area contributed by atoms with E-state index in [1.807, 2.05) is 6.92 Å². The van der Waals surface area contributed by atoms with Gasteiger partial charge < -0.3 is 30.5 Å². The molecule has 0 saturated heterocycles. The van der Waals surface area contributed by atoms with Gasteiger partial charge in [-0.2, -0.15) is 0 Å². The van der Waals surface area contributed by atoms with Crippen molar-refractivity contribution in [1.82, 2.24) is 0 Å². The molecule has 0 aromatic heterocycles. The van der Waals surface area contributed by atoms with Crippen LogP contribution in [0.4, 0.5) is 0 Å². The first-order chi connectivity index (χ1) is 18.9. The van der Waals surface area contributed by atoms with Gasteiger partial charge in [-0.25, -0.2) is 14.4 Å². The van der Waals surface area contributed by atoms with E-state index in [-0.39, 0.29) is 65.6 Å². The lowest BCUT2D eigenvalue weighted by Gasteiger charge is -2.67. The van der Waals surface area contributed by atoms with E-state index in [0.717, 1.165) is 18.4 Å². The van der Waals surface area contributed by atoms with Crippen molar-refractivity contribution in [2.24, 2.45) is 46.2 Å². The maximum atomic E-state index is 12.5. The van der Waals surface area contributed by atoms with Gasteiger partial charge in [0.05, 0.1) is 24.9 Å². The van der Waals surface area contributed by atoms with Crippen molar-refractivity contribution in [3.05, 3.63) is 17.2 Å². The molecule has 0 bridgehead atoms. The van der Waals surface area contributed by atoms with Crippen LogP contribution in [0.1, 0.15) is 78.1 Å². The molecule has 0 spiro atoms. The average molecular weight is 560 g/mol. The lowest BCUT2D eigenvalue weighted by molar-refractivity contribution is -0.255. The second-order valence-electron chi connectivity index (χ2n) is 13.6. The maximum absolute atomic E-state index is 12.5. The van der Waals surface area contributed by atoms with Crippen LogP contribution in [0.5, 0.6) is 0 Å². The second-order valence-corrected chi connectivity index (χ2v) is 13.6. The van der Waals surface area contributed by atoms with Crippen LogP contribution < -0.4 is 5.73 Å². The van der Waals surface area contributed by atoms with Gasteiger partial charge in [0.15, 0.2) is 0 Å². The highest BCUT2D eigenvalue weighted by Crippen LogP contribution is 2.71. The first-order valence-electron chi connectivity index (χ1n) is 14.9. The Kier molecular flexibility index (Phi) is 7.86. The third-order valence-corrected chi connectivity index (χ3v) is 12.3. The van der Waals surface area contributed by atoms with Gasteiger partial charge in [0.1, 0.15) is 18.1 Å². The zero-order valence-corrected chi connectivity index (χ0v) is 23.9. The molecule has 40 heavy (non-hydrogen) atoms. The van der Waals surface area contributed by atoms with E-state index in [1.54, 1.807) is 12.0 Å². The summed E-state index contributed by atoms with van der Waals surface area (Å²) in [5.74, 6) is 0.708. The number of rotatable bonds is 7. The normalized spacial score (nSPS) is 44.8. The summed E-state index contributed by atoms with van der Waals surface area (Å²) in [5.41, 5.74) is 5.54. The quantitative estimate of drug-likeness (QED) is 0.209. The first-order valence-corrected chi connectivity index (χ1v) is 14.9. The van der Waals surface area contributed by atoms with E-state index in [1.165, 1.54) is 7.11 Å². The largest absolute Gasteiger partial charge is 0.465 e. The first kappa shape index (κ1) is 29.5. The van der Waals surface area contributed by atoms with Crippen LogP contribution in [0.25, 0.3) is 0 Å². The Morgan fingerprint density at radius 3 is 2.60 bits per heavy atom. The molecule has 11 atom stereocenters. The third-order valence-electron chi connectivity index (χ3n) is 12.3. The van der Waals surface area contributed by atoms with Gasteiger partial charge in [-0.3, -0.25) is 0 Å². The number of hydrogen-bond acceptors (Lipinski definition) is 9. The molecule has 5 N–H and O–H groups in total. The molecule has 0 radical (unpaired) electrons. The van der Waals surface area contributed by atoms with Crippen LogP contribution in [-0.2, 0) is 23.9 Å². The summed E-state index contributed by atoms with van der Waals surface area (Å²) in [6.45, 7) is 4.48. The van der Waals surface area contributed by atoms with Gasteiger partial charge in [-0.05, 0) is 105 Å². The van der Waals surface area contributed by atoms with Crippen LogP contribution in [-0.4, -0.2) is 70.8 Å². The summed E-state index contributed by atoms with van der Waals surface area (Å²) >= 11 is 0. The van der Waals surface area contributed by atoms with Crippen molar-refractivity contribution in [2.75, 3.05) is 13.7 Å². The molecule has 2 unspecified atom stereocenters. The number of nitrogens with two attached hydrogens (primary N) is 1. The molecule has 0 aromatic rings. The molecule has 0 aromatic carbocycles. The molecule has 0 amide bonds. The summed E-state index contributed by atoms with van der Waals surface area (Å²) in [4.78, 5) is 34.9. The fourth-order valence-corrected chi connectivity index (χ4v) is 10.2. The summed E-state index contributed by atoms with van der Waals surface area (Å²) in [7, 11) is 1.23. The van der Waals surface area contributed by atoms with Crippen LogP contribution in [0.3, 0.4) is 0 Å². The fraction of sp³-hybridized carbons (Fsp3) is 0.806. The molecule has 5 aliphatic rings. The minimum atomic E-state index is -1.09. The van der Waals surface area contributed by atoms with E-state index < -0.39 is 29.2 Å². The summed E-state index contributed by atoms with van der Waals surface area (Å²) in [5, 5.41) is 35.3. The predicted octanol–water partition coefficient (Wildman–Crippen LogP) is 2.23. The molecular formula is C31H45NO8. The van der Waals surface area contributed by atoms with E-state index >= 15 is 0 Å². The van der Waals surface area contributed by atoms with Gasteiger partial charge in [0, 0.05) is 17.5 Å². The van der Waals surface area contributed by atoms with Gasteiger partial charge >= 0.3 is 11.9 Å². The number of carbonyl (C=O) groups is 2. The highest BCUT2D eigenvalue weighted by Gasteiger charge is 2.71. The Hall–Kier alpha value is -2.03. The minimum absolute atomic E-state index is 0.0255. The van der Waals surface area contributed by atoms with Crippen LogP contribution in [0.2, 0.25) is 0 Å². The Morgan fingerprint density at radius 1 is 1.20 bits per heavy atom. The number of methoxy groups -OCH3 is 1. The summed E-state index contributed by atoms with van der Waals surface area (Å²) < 4.78 is 9.87. The molecular weight excluding hydrogens is 514 g/mol. The molecule has 4 aliphatic carbocycles. The second kappa shape index (κ2) is 10.7. The Bertz CT molecular complexity index is 1110. The number of carbonyl (C=O) groups excluding carboxylic acids is 3. The molecule has 9 nitrogen and oxygen atoms in total. The summed E-state index contributed by atoms with van der Waals surface area (Å²) in [6.07, 6.45) is 6.36. The number of ether oxygens (including phenoxy) is 2. The lowest BCUT2D eigenvalue weighted by atomic mass is 9.40. The van der Waals surface area contributed by atoms with Crippen molar-refractivity contribution in [2.45, 2.75) is 102 Å². The minimum Gasteiger partial charge on any atom is -0.465 e. The Labute approximate surface area is 236 Å². The molecule has 5 rings (SSSR count). The topological polar surface area (TPSA) is 156 Å². The van der Waals surface area contributed by atoms with Gasteiger partial charge in [0.25, 0.3) is 0 Å². The number of aliphatic hydroxyl groups excluding tert-OH is 2. The van der Waals surface area contributed by atoms with Crippen LogP contribution in [0, 0.1) is 40.4 Å². The number of cyclic esters (lactones) is 1. The molecule has 222 valence electrons. The highest BCUT2D eigenvalue weighted by atomic mass is 16.5. The van der Waals surface area contributed by atoms with Gasteiger partial charge in [0.2, 0.25) is 0 Å². The molecule has 1 heterocycles. The zero-order chi connectivity index (χ0) is 29.0. The van der Waals surface area contributed by atoms with E-state index in [4.69, 9.17) is 10.5 Å². The molecule has 1 aliphatic heterocycles. The maximum Gasteiger partial charge on any atom is 0.344 e. The number of fused-ring (bicyclic) bond motifs is 5. The molecule has 4 fully saturated rings.